The summed E-state index contributed by atoms with van der Waals surface area (Å²) in [6, 6.07) is 4.64. The summed E-state index contributed by atoms with van der Waals surface area (Å²) in [6.07, 6.45) is 1.29. The molecule has 8 heteroatoms. The Hall–Kier alpha value is -1.41. The quantitative estimate of drug-likeness (QED) is 0.580. The molecule has 0 aliphatic rings. The van der Waals surface area contributed by atoms with Crippen LogP contribution in [0.4, 0.5) is 4.79 Å². The first-order chi connectivity index (χ1) is 10.3. The van der Waals surface area contributed by atoms with E-state index in [0.29, 0.717) is 12.2 Å². The standard InChI is InChI=1S/C14H20N2O4S2/c1-14(2,3)20-13(19)16-10(12(17)18)7-9-21-22-11-6-4-5-8-15-11/h4-6,8,10H,7,9H2,1-3H3,(H,16,19)(H,17,18)/t10-/m0/s1. The lowest BCUT2D eigenvalue weighted by Gasteiger charge is -2.21. The number of nitrogens with zero attached hydrogens (tertiary/aromatic N) is 1. The second kappa shape index (κ2) is 8.89. The first-order valence-corrected chi connectivity index (χ1v) is 9.02. The van der Waals surface area contributed by atoms with Crippen molar-refractivity contribution in [3.8, 4) is 0 Å². The summed E-state index contributed by atoms with van der Waals surface area (Å²) < 4.78 is 5.06. The van der Waals surface area contributed by atoms with Crippen molar-refractivity contribution in [2.75, 3.05) is 5.75 Å². The number of carboxylic acids is 1. The van der Waals surface area contributed by atoms with Crippen LogP contribution in [0.5, 0.6) is 0 Å². The largest absolute Gasteiger partial charge is 0.480 e. The molecular weight excluding hydrogens is 324 g/mol. The fourth-order valence-corrected chi connectivity index (χ4v) is 3.34. The highest BCUT2D eigenvalue weighted by Gasteiger charge is 2.23. The van der Waals surface area contributed by atoms with E-state index in [0.717, 1.165) is 5.03 Å². The predicted molar refractivity (Wildman–Crippen MR) is 88.0 cm³/mol. The normalized spacial score (nSPS) is 12.5. The number of carbonyl (C=O) groups excluding carboxylic acids is 1. The molecule has 0 radical (unpaired) electrons. The number of rotatable bonds is 7. The van der Waals surface area contributed by atoms with Gasteiger partial charge in [0, 0.05) is 11.9 Å². The average Bonchev–Trinajstić information content (AvgIpc) is 2.41. The molecule has 0 aliphatic heterocycles. The lowest BCUT2D eigenvalue weighted by atomic mass is 10.2. The van der Waals surface area contributed by atoms with E-state index in [1.807, 2.05) is 18.2 Å². The second-order valence-corrected chi connectivity index (χ2v) is 7.84. The van der Waals surface area contributed by atoms with Crippen LogP contribution < -0.4 is 5.32 Å². The molecule has 0 unspecified atom stereocenters. The molecule has 0 spiro atoms. The third kappa shape index (κ3) is 8.14. The maximum atomic E-state index is 11.6. The van der Waals surface area contributed by atoms with E-state index < -0.39 is 23.7 Å². The number of carboxylic acid groups (broad SMARTS) is 1. The predicted octanol–water partition coefficient (Wildman–Crippen LogP) is 3.19. The SMILES string of the molecule is CC(C)(C)OC(=O)N[C@@H](CCSSc1ccccn1)C(=O)O. The number of amides is 1. The van der Waals surface area contributed by atoms with E-state index in [1.165, 1.54) is 21.6 Å². The van der Waals surface area contributed by atoms with Gasteiger partial charge >= 0.3 is 12.1 Å². The topological polar surface area (TPSA) is 88.5 Å². The van der Waals surface area contributed by atoms with Crippen LogP contribution in [0.1, 0.15) is 27.2 Å². The number of alkyl carbamates (subject to hydrolysis) is 1. The van der Waals surface area contributed by atoms with Crippen LogP contribution in [-0.4, -0.2) is 39.5 Å². The molecular formula is C14H20N2O4S2. The first kappa shape index (κ1) is 18.6. The summed E-state index contributed by atoms with van der Waals surface area (Å²) >= 11 is 0. The van der Waals surface area contributed by atoms with Crippen LogP contribution in [0, 0.1) is 0 Å². The molecule has 1 aromatic heterocycles. The van der Waals surface area contributed by atoms with Gasteiger partial charge in [0.1, 0.15) is 16.7 Å². The molecule has 1 aromatic rings. The fraction of sp³-hybridized carbons (Fsp3) is 0.500. The van der Waals surface area contributed by atoms with Crippen LogP contribution in [0.2, 0.25) is 0 Å². The van der Waals surface area contributed by atoms with Crippen LogP contribution in [-0.2, 0) is 9.53 Å². The fourth-order valence-electron chi connectivity index (χ4n) is 1.37. The molecule has 22 heavy (non-hydrogen) atoms. The molecule has 0 fully saturated rings. The number of hydrogen-bond donors (Lipinski definition) is 2. The Morgan fingerprint density at radius 2 is 2.14 bits per heavy atom. The van der Waals surface area contributed by atoms with Crippen molar-refractivity contribution in [1.82, 2.24) is 10.3 Å². The highest BCUT2D eigenvalue weighted by molar-refractivity contribution is 8.76. The number of hydrogen-bond acceptors (Lipinski definition) is 6. The molecule has 0 aliphatic carbocycles. The van der Waals surface area contributed by atoms with Crippen molar-refractivity contribution in [3.05, 3.63) is 24.4 Å². The third-order valence-corrected chi connectivity index (χ3v) is 4.56. The molecule has 1 amide bonds. The Bertz CT molecular complexity index is 491. The van der Waals surface area contributed by atoms with Gasteiger partial charge in [0.15, 0.2) is 0 Å². The van der Waals surface area contributed by atoms with Crippen LogP contribution in [0.25, 0.3) is 0 Å². The molecule has 1 heterocycles. The van der Waals surface area contributed by atoms with Crippen LogP contribution in [0.15, 0.2) is 29.4 Å². The third-order valence-electron chi connectivity index (χ3n) is 2.26. The van der Waals surface area contributed by atoms with Gasteiger partial charge in [-0.25, -0.2) is 14.6 Å². The van der Waals surface area contributed by atoms with Crippen molar-refractivity contribution in [1.29, 1.82) is 0 Å². The van der Waals surface area contributed by atoms with Gasteiger partial charge in [-0.15, -0.1) is 0 Å². The van der Waals surface area contributed by atoms with Gasteiger partial charge in [0.05, 0.1) is 0 Å². The van der Waals surface area contributed by atoms with Gasteiger partial charge in [-0.3, -0.25) is 0 Å². The zero-order chi connectivity index (χ0) is 16.6. The van der Waals surface area contributed by atoms with Gasteiger partial charge in [-0.2, -0.15) is 0 Å². The van der Waals surface area contributed by atoms with E-state index in [4.69, 9.17) is 9.84 Å². The highest BCUT2D eigenvalue weighted by atomic mass is 33.1. The monoisotopic (exact) mass is 344 g/mol. The van der Waals surface area contributed by atoms with E-state index in [9.17, 15) is 9.59 Å². The number of ether oxygens (including phenoxy) is 1. The van der Waals surface area contributed by atoms with Crippen molar-refractivity contribution in [3.63, 3.8) is 0 Å². The number of pyridine rings is 1. The first-order valence-electron chi connectivity index (χ1n) is 6.71. The lowest BCUT2D eigenvalue weighted by Crippen LogP contribution is -2.43. The molecule has 0 saturated heterocycles. The molecule has 1 rings (SSSR count). The van der Waals surface area contributed by atoms with E-state index in [2.05, 4.69) is 10.3 Å². The number of aromatic nitrogens is 1. The second-order valence-electron chi connectivity index (χ2n) is 5.40. The Labute approximate surface area is 137 Å². The Morgan fingerprint density at radius 1 is 1.41 bits per heavy atom. The molecule has 0 aromatic carbocycles. The molecule has 122 valence electrons. The summed E-state index contributed by atoms with van der Waals surface area (Å²) in [5, 5.41) is 12.4. The van der Waals surface area contributed by atoms with Crippen molar-refractivity contribution in [2.45, 2.75) is 43.9 Å². The maximum absolute atomic E-state index is 11.6. The number of aliphatic carboxylic acids is 1. The summed E-state index contributed by atoms with van der Waals surface area (Å²) in [5.74, 6) is -0.511. The van der Waals surface area contributed by atoms with Gasteiger partial charge in [-0.05, 0) is 50.1 Å². The number of carbonyl (C=O) groups is 2. The zero-order valence-electron chi connectivity index (χ0n) is 12.7. The maximum Gasteiger partial charge on any atom is 0.408 e. The van der Waals surface area contributed by atoms with Gasteiger partial charge in [0.2, 0.25) is 0 Å². The summed E-state index contributed by atoms with van der Waals surface area (Å²) in [4.78, 5) is 26.9. The molecule has 0 bridgehead atoms. The minimum Gasteiger partial charge on any atom is -0.480 e. The smallest absolute Gasteiger partial charge is 0.408 e. The van der Waals surface area contributed by atoms with Crippen LogP contribution in [0.3, 0.4) is 0 Å². The number of nitrogens with one attached hydrogen (secondary N) is 1. The van der Waals surface area contributed by atoms with E-state index in [1.54, 1.807) is 27.0 Å². The Kier molecular flexibility index (Phi) is 7.53. The molecule has 0 saturated carbocycles. The van der Waals surface area contributed by atoms with Gasteiger partial charge < -0.3 is 15.2 Å². The lowest BCUT2D eigenvalue weighted by molar-refractivity contribution is -0.139. The van der Waals surface area contributed by atoms with Crippen LogP contribution >= 0.6 is 21.6 Å². The van der Waals surface area contributed by atoms with Gasteiger partial charge in [-0.1, -0.05) is 16.9 Å². The van der Waals surface area contributed by atoms with Crippen molar-refractivity contribution >= 4 is 33.7 Å². The van der Waals surface area contributed by atoms with Crippen molar-refractivity contribution in [2.24, 2.45) is 0 Å². The minimum atomic E-state index is -1.07. The Morgan fingerprint density at radius 3 is 2.68 bits per heavy atom. The zero-order valence-corrected chi connectivity index (χ0v) is 14.4. The van der Waals surface area contributed by atoms with Gasteiger partial charge in [0.25, 0.3) is 0 Å². The highest BCUT2D eigenvalue weighted by Crippen LogP contribution is 2.29. The molecule has 6 nitrogen and oxygen atoms in total. The minimum absolute atomic E-state index is 0.305. The van der Waals surface area contributed by atoms with Crippen molar-refractivity contribution < 1.29 is 19.4 Å². The summed E-state index contributed by atoms with van der Waals surface area (Å²) in [6.45, 7) is 5.17. The Balaban J connectivity index is 2.35. The molecule has 2 N–H and O–H groups in total. The van der Waals surface area contributed by atoms with E-state index in [-0.39, 0.29) is 0 Å². The summed E-state index contributed by atoms with van der Waals surface area (Å²) in [5.41, 5.74) is -0.656. The van der Waals surface area contributed by atoms with E-state index >= 15 is 0 Å². The average molecular weight is 344 g/mol. The summed E-state index contributed by atoms with van der Waals surface area (Å²) in [7, 11) is 2.96. The molecule has 1 atom stereocenters.